The molecule has 15 nitrogen and oxygen atoms in total. The van der Waals surface area contributed by atoms with Gasteiger partial charge in [-0.3, -0.25) is 0 Å². The van der Waals surface area contributed by atoms with Crippen LogP contribution in [0.1, 0.15) is 6.42 Å². The van der Waals surface area contributed by atoms with Gasteiger partial charge < -0.3 is 46.4 Å². The third-order valence-corrected chi connectivity index (χ3v) is 6.95. The molecule has 0 bridgehead atoms. The highest BCUT2D eigenvalue weighted by Crippen LogP contribution is 2.17. The van der Waals surface area contributed by atoms with Crippen LogP contribution in [0.15, 0.2) is 0 Å². The van der Waals surface area contributed by atoms with Gasteiger partial charge in [0, 0.05) is 47.0 Å². The van der Waals surface area contributed by atoms with Crippen molar-refractivity contribution in [1.29, 1.82) is 0 Å². The van der Waals surface area contributed by atoms with Gasteiger partial charge in [-0.2, -0.15) is 29.9 Å². The van der Waals surface area contributed by atoms with E-state index in [2.05, 4.69) is 35.2 Å². The second-order valence-corrected chi connectivity index (χ2v) is 9.13. The van der Waals surface area contributed by atoms with E-state index in [0.717, 1.165) is 0 Å². The largest absolute Gasteiger partial charge is 0.500 e. The molecule has 2 aromatic heterocycles. The Morgan fingerprint density at radius 3 is 1.77 bits per heavy atom. The van der Waals surface area contributed by atoms with Gasteiger partial charge in [-0.1, -0.05) is 0 Å². The first-order chi connectivity index (χ1) is 14.3. The van der Waals surface area contributed by atoms with Gasteiger partial charge in [-0.05, 0) is 6.42 Å². The number of anilines is 6. The first kappa shape index (κ1) is 23.2. The van der Waals surface area contributed by atoms with Crippen molar-refractivity contribution >= 4 is 44.5 Å². The fraction of sp³-hybridized carbons (Fsp3) is 0.571. The average Bonchev–Trinajstić information content (AvgIpc) is 2.69. The highest BCUT2D eigenvalue weighted by Gasteiger charge is 2.37. The molecule has 0 aliphatic rings. The monoisotopic (exact) mass is 440 g/mol. The number of hydrogen-bond donors (Lipinski definition) is 5. The molecule has 0 saturated carbocycles. The summed E-state index contributed by atoms with van der Waals surface area (Å²) in [6.45, 7) is 1.45. The molecule has 0 amide bonds. The Balaban J connectivity index is 2.07. The lowest BCUT2D eigenvalue weighted by Crippen LogP contribution is -2.43. The summed E-state index contributed by atoms with van der Waals surface area (Å²) < 4.78 is 16.4. The third kappa shape index (κ3) is 6.48. The number of nitrogens with two attached hydrogens (primary N) is 4. The van der Waals surface area contributed by atoms with Crippen LogP contribution in [0.2, 0.25) is 6.04 Å². The zero-order chi connectivity index (χ0) is 22.1. The molecule has 0 aromatic carbocycles. The second-order valence-electron chi connectivity index (χ2n) is 6.04. The molecule has 0 saturated heterocycles. The molecule has 0 radical (unpaired) electrons. The maximum Gasteiger partial charge on any atom is 0.500 e. The van der Waals surface area contributed by atoms with Crippen LogP contribution >= 0.6 is 0 Å². The van der Waals surface area contributed by atoms with Gasteiger partial charge in [-0.25, -0.2) is 0 Å². The van der Waals surface area contributed by atoms with E-state index < -0.39 is 8.80 Å². The van der Waals surface area contributed by atoms with E-state index in [4.69, 9.17) is 36.2 Å². The lowest BCUT2D eigenvalue weighted by Gasteiger charge is -2.27. The summed E-state index contributed by atoms with van der Waals surface area (Å²) in [7, 11) is 2.01. The van der Waals surface area contributed by atoms with Crippen LogP contribution in [0, 0.1) is 0 Å². The number of hydrogen-bond acceptors (Lipinski definition) is 15. The highest BCUT2D eigenvalue weighted by molar-refractivity contribution is 6.60. The molecule has 0 atom stereocenters. The minimum absolute atomic E-state index is 0.0277. The fourth-order valence-corrected chi connectivity index (χ4v) is 4.39. The van der Waals surface area contributed by atoms with Crippen molar-refractivity contribution in [2.75, 3.05) is 74.1 Å². The number of aromatic nitrogens is 6. The third-order valence-electron chi connectivity index (χ3n) is 4.12. The highest BCUT2D eigenvalue weighted by atomic mass is 28.4. The number of rotatable bonds is 12. The molecule has 2 aromatic rings. The maximum absolute atomic E-state index is 5.72. The van der Waals surface area contributed by atoms with Crippen LogP contribution in [0.25, 0.3) is 0 Å². The van der Waals surface area contributed by atoms with E-state index in [1.165, 1.54) is 0 Å². The molecular formula is C14H28N12O3Si. The van der Waals surface area contributed by atoms with Crippen LogP contribution in [-0.4, -0.2) is 79.7 Å². The van der Waals surface area contributed by atoms with E-state index >= 15 is 0 Å². The van der Waals surface area contributed by atoms with Crippen molar-refractivity contribution in [3.05, 3.63) is 0 Å². The Kier molecular flexibility index (Phi) is 8.22. The Labute approximate surface area is 174 Å². The van der Waals surface area contributed by atoms with Crippen molar-refractivity contribution in [3.8, 4) is 0 Å². The van der Waals surface area contributed by atoms with Crippen LogP contribution in [0.3, 0.4) is 0 Å². The standard InChI is InChI=1S/C14H28N12O3Si/c1-27-30(28-2,29-3)8-4-6-26(14-24-11(17)21-12(18)25-14)7-5-19-13-22-9(15)20-10(16)23-13/h4-8H2,1-3H3,(H4,17,18,21,24,25)(H5,15,16,19,20,22,23). The first-order valence-electron chi connectivity index (χ1n) is 8.99. The van der Waals surface area contributed by atoms with Gasteiger partial charge in [-0.15, -0.1) is 0 Å². The zero-order valence-corrected chi connectivity index (χ0v) is 18.2. The summed E-state index contributed by atoms with van der Waals surface area (Å²) in [6, 6.07) is 0.594. The van der Waals surface area contributed by atoms with Gasteiger partial charge in [0.1, 0.15) is 0 Å². The fourth-order valence-electron chi connectivity index (χ4n) is 2.68. The molecule has 2 heterocycles. The number of nitrogens with one attached hydrogen (secondary N) is 1. The summed E-state index contributed by atoms with van der Waals surface area (Å²) in [5, 5.41) is 3.03. The van der Waals surface area contributed by atoms with Gasteiger partial charge in [0.2, 0.25) is 35.7 Å². The minimum atomic E-state index is -2.70. The van der Waals surface area contributed by atoms with Crippen LogP contribution < -0.4 is 33.2 Å². The van der Waals surface area contributed by atoms with E-state index in [-0.39, 0.29) is 29.7 Å². The van der Waals surface area contributed by atoms with E-state index in [9.17, 15) is 0 Å². The maximum atomic E-state index is 5.72. The Bertz CT molecular complexity index is 776. The SMILES string of the molecule is CO[Si](CCCN(CCNc1nc(N)nc(N)n1)c1nc(N)nc(N)n1)(OC)OC. The summed E-state index contributed by atoms with van der Waals surface area (Å²) in [5.74, 6) is 0.723. The van der Waals surface area contributed by atoms with E-state index in [1.807, 2.05) is 4.90 Å². The molecule has 9 N–H and O–H groups in total. The molecule has 0 unspecified atom stereocenters. The van der Waals surface area contributed by atoms with Crippen LogP contribution in [0.5, 0.6) is 0 Å². The molecule has 0 aliphatic carbocycles. The number of nitrogen functional groups attached to an aromatic ring is 4. The molecular weight excluding hydrogens is 412 g/mol. The van der Waals surface area contributed by atoms with Crippen LogP contribution in [0.4, 0.5) is 35.7 Å². The number of nitrogens with zero attached hydrogens (tertiary/aromatic N) is 7. The normalized spacial score (nSPS) is 11.4. The van der Waals surface area contributed by atoms with Crippen molar-refractivity contribution in [3.63, 3.8) is 0 Å². The van der Waals surface area contributed by atoms with E-state index in [1.54, 1.807) is 21.3 Å². The molecule has 30 heavy (non-hydrogen) atoms. The average molecular weight is 441 g/mol. The van der Waals surface area contributed by atoms with Crippen molar-refractivity contribution in [2.24, 2.45) is 0 Å². The molecule has 16 heteroatoms. The first-order valence-corrected chi connectivity index (χ1v) is 10.9. The van der Waals surface area contributed by atoms with Gasteiger partial charge in [0.05, 0.1) is 0 Å². The quantitative estimate of drug-likeness (QED) is 0.238. The van der Waals surface area contributed by atoms with E-state index in [0.29, 0.717) is 38.0 Å². The lowest BCUT2D eigenvalue weighted by molar-refractivity contribution is 0.123. The topological polar surface area (TPSA) is 224 Å². The molecule has 0 fully saturated rings. The summed E-state index contributed by atoms with van der Waals surface area (Å²) >= 11 is 0. The van der Waals surface area contributed by atoms with Crippen LogP contribution in [-0.2, 0) is 13.3 Å². The molecule has 0 spiro atoms. The van der Waals surface area contributed by atoms with Gasteiger partial charge >= 0.3 is 8.80 Å². The Morgan fingerprint density at radius 1 is 0.767 bits per heavy atom. The molecule has 166 valence electrons. The smallest absolute Gasteiger partial charge is 0.377 e. The Hall–Kier alpha value is -3.08. The predicted molar refractivity (Wildman–Crippen MR) is 114 cm³/mol. The van der Waals surface area contributed by atoms with Crippen molar-refractivity contribution in [2.45, 2.75) is 12.5 Å². The van der Waals surface area contributed by atoms with Gasteiger partial charge in [0.25, 0.3) is 0 Å². The Morgan fingerprint density at radius 2 is 1.27 bits per heavy atom. The summed E-state index contributed by atoms with van der Waals surface area (Å²) in [4.78, 5) is 25.7. The summed E-state index contributed by atoms with van der Waals surface area (Å²) in [5.41, 5.74) is 22.6. The zero-order valence-electron chi connectivity index (χ0n) is 17.2. The molecule has 0 aliphatic heterocycles. The summed E-state index contributed by atoms with van der Waals surface area (Å²) in [6.07, 6.45) is 0.679. The predicted octanol–water partition coefficient (Wildman–Crippen LogP) is -1.43. The second kappa shape index (κ2) is 10.6. The lowest BCUT2D eigenvalue weighted by atomic mass is 10.4. The van der Waals surface area contributed by atoms with Crippen molar-refractivity contribution < 1.29 is 13.3 Å². The van der Waals surface area contributed by atoms with Crippen molar-refractivity contribution in [1.82, 2.24) is 29.9 Å². The van der Waals surface area contributed by atoms with Gasteiger partial charge in [0.15, 0.2) is 0 Å². The minimum Gasteiger partial charge on any atom is -0.377 e. The molecule has 2 rings (SSSR count).